The molecular weight excluding hydrogens is 228 g/mol. The highest BCUT2D eigenvalue weighted by Gasteiger charge is 2.37. The smallest absolute Gasteiger partial charge is 0.157 e. The number of hydrogen-bond donors (Lipinski definition) is 1. The molecule has 0 radical (unpaired) electrons. The molecule has 0 atom stereocenters. The quantitative estimate of drug-likeness (QED) is 0.771. The van der Waals surface area contributed by atoms with Crippen LogP contribution in [0.3, 0.4) is 0 Å². The van der Waals surface area contributed by atoms with Gasteiger partial charge in [-0.1, -0.05) is 44.9 Å². The zero-order valence-corrected chi connectivity index (χ0v) is 12.1. The lowest BCUT2D eigenvalue weighted by molar-refractivity contribution is 0.303. The van der Waals surface area contributed by atoms with Gasteiger partial charge < -0.3 is 5.32 Å². The van der Waals surface area contributed by atoms with Crippen molar-refractivity contribution in [3.8, 4) is 0 Å². The molecule has 0 aromatic carbocycles. The molecule has 98 valence electrons. The monoisotopic (exact) mass is 254 g/mol. The Balaban J connectivity index is 1.74. The highest BCUT2D eigenvalue weighted by Crippen LogP contribution is 2.36. The summed E-state index contributed by atoms with van der Waals surface area (Å²) < 4.78 is 0. The number of amidine groups is 1. The number of nitrogens with one attached hydrogen (secondary N) is 1. The fourth-order valence-electron chi connectivity index (χ4n) is 2.77. The molecule has 1 N–H and O–H groups in total. The van der Waals surface area contributed by atoms with Crippen LogP contribution in [0, 0.1) is 5.92 Å². The van der Waals surface area contributed by atoms with Gasteiger partial charge in [-0.05, 0) is 31.6 Å². The normalized spacial score (nSPS) is 25.7. The summed E-state index contributed by atoms with van der Waals surface area (Å²) in [5.74, 6) is 2.06. The number of aliphatic imine (C=N–C) groups is 1. The van der Waals surface area contributed by atoms with Gasteiger partial charge in [0.1, 0.15) is 0 Å². The van der Waals surface area contributed by atoms with Crippen LogP contribution in [-0.4, -0.2) is 23.0 Å². The highest BCUT2D eigenvalue weighted by molar-refractivity contribution is 8.14. The van der Waals surface area contributed by atoms with Crippen LogP contribution in [0.1, 0.15) is 58.8 Å². The summed E-state index contributed by atoms with van der Waals surface area (Å²) in [6, 6.07) is 0. The first-order valence-corrected chi connectivity index (χ1v) is 8.14. The van der Waals surface area contributed by atoms with Crippen LogP contribution >= 0.6 is 11.8 Å². The van der Waals surface area contributed by atoms with E-state index in [9.17, 15) is 0 Å². The number of nitrogens with zero attached hydrogens (tertiary/aromatic N) is 1. The first-order chi connectivity index (χ1) is 8.20. The summed E-state index contributed by atoms with van der Waals surface area (Å²) in [7, 11) is 0. The maximum atomic E-state index is 4.71. The average Bonchev–Trinajstić information content (AvgIpc) is 2.69. The molecule has 1 saturated heterocycles. The van der Waals surface area contributed by atoms with Crippen LogP contribution in [0.2, 0.25) is 0 Å². The second-order valence-electron chi connectivity index (χ2n) is 5.98. The number of rotatable bonds is 4. The second kappa shape index (κ2) is 6.12. The third-order valence-corrected chi connectivity index (χ3v) is 5.06. The molecule has 1 aliphatic heterocycles. The molecule has 2 fully saturated rings. The van der Waals surface area contributed by atoms with Gasteiger partial charge in [-0.25, -0.2) is 0 Å². The first kappa shape index (κ1) is 13.3. The van der Waals surface area contributed by atoms with Crippen molar-refractivity contribution in [3.63, 3.8) is 0 Å². The minimum absolute atomic E-state index is 0.416. The number of hydrogen-bond acceptors (Lipinski definition) is 2. The van der Waals surface area contributed by atoms with Crippen molar-refractivity contribution in [1.29, 1.82) is 0 Å². The summed E-state index contributed by atoms with van der Waals surface area (Å²) in [4.78, 5) is 4.71. The standard InChI is InChI=1S/C14H26N2S/c1-12(2)7-6-10-15-13-16-14(11-17-13)8-4-3-5-9-14/h12H,3-11H2,1-2H3,(H,15,16). The van der Waals surface area contributed by atoms with Gasteiger partial charge in [0.25, 0.3) is 0 Å². The molecule has 1 heterocycles. The molecule has 1 spiro atoms. The third-order valence-electron chi connectivity index (χ3n) is 3.86. The van der Waals surface area contributed by atoms with Gasteiger partial charge in [0.15, 0.2) is 5.17 Å². The van der Waals surface area contributed by atoms with E-state index in [1.54, 1.807) is 0 Å². The van der Waals surface area contributed by atoms with Crippen molar-refractivity contribution in [2.75, 3.05) is 12.3 Å². The molecule has 2 aliphatic rings. The topological polar surface area (TPSA) is 24.4 Å². The molecule has 2 nitrogen and oxygen atoms in total. The van der Waals surface area contributed by atoms with E-state index < -0.39 is 0 Å². The summed E-state index contributed by atoms with van der Waals surface area (Å²) in [5.41, 5.74) is 0.416. The molecule has 0 amide bonds. The van der Waals surface area contributed by atoms with Crippen molar-refractivity contribution in [1.82, 2.24) is 5.32 Å². The van der Waals surface area contributed by atoms with Gasteiger partial charge in [0.05, 0.1) is 0 Å². The fraction of sp³-hybridized carbons (Fsp3) is 0.929. The van der Waals surface area contributed by atoms with Gasteiger partial charge in [-0.3, -0.25) is 4.99 Å². The Morgan fingerprint density at radius 3 is 2.76 bits per heavy atom. The summed E-state index contributed by atoms with van der Waals surface area (Å²) in [6.45, 7) is 5.57. The molecule has 0 unspecified atom stereocenters. The van der Waals surface area contributed by atoms with Crippen LogP contribution in [0.25, 0.3) is 0 Å². The van der Waals surface area contributed by atoms with E-state index in [1.807, 2.05) is 11.8 Å². The lowest BCUT2D eigenvalue weighted by Crippen LogP contribution is -2.45. The van der Waals surface area contributed by atoms with Crippen LogP contribution in [-0.2, 0) is 0 Å². The first-order valence-electron chi connectivity index (χ1n) is 7.16. The van der Waals surface area contributed by atoms with E-state index in [-0.39, 0.29) is 0 Å². The van der Waals surface area contributed by atoms with E-state index >= 15 is 0 Å². The molecule has 2 rings (SSSR count). The zero-order valence-electron chi connectivity index (χ0n) is 11.3. The minimum Gasteiger partial charge on any atom is -0.359 e. The van der Waals surface area contributed by atoms with Crippen molar-refractivity contribution >= 4 is 16.9 Å². The largest absolute Gasteiger partial charge is 0.359 e. The van der Waals surface area contributed by atoms with Gasteiger partial charge in [0, 0.05) is 17.8 Å². The second-order valence-corrected chi connectivity index (χ2v) is 6.94. The predicted molar refractivity (Wildman–Crippen MR) is 77.8 cm³/mol. The molecule has 1 aliphatic carbocycles. The Kier molecular flexibility index (Phi) is 4.78. The molecule has 3 heteroatoms. The van der Waals surface area contributed by atoms with Gasteiger partial charge >= 0.3 is 0 Å². The lowest BCUT2D eigenvalue weighted by atomic mass is 9.83. The summed E-state index contributed by atoms with van der Waals surface area (Å²) >= 11 is 1.95. The molecule has 0 bridgehead atoms. The third kappa shape index (κ3) is 3.90. The summed E-state index contributed by atoms with van der Waals surface area (Å²) in [6.07, 6.45) is 9.45. The predicted octanol–water partition coefficient (Wildman–Crippen LogP) is 3.82. The van der Waals surface area contributed by atoms with Crippen molar-refractivity contribution < 1.29 is 0 Å². The number of thioether (sulfide) groups is 1. The van der Waals surface area contributed by atoms with E-state index in [4.69, 9.17) is 4.99 Å². The van der Waals surface area contributed by atoms with Crippen LogP contribution in [0.4, 0.5) is 0 Å². The molecule has 0 aromatic rings. The maximum Gasteiger partial charge on any atom is 0.157 e. The Hall–Kier alpha value is -0.180. The fourth-order valence-corrected chi connectivity index (χ4v) is 4.01. The Morgan fingerprint density at radius 2 is 2.06 bits per heavy atom. The van der Waals surface area contributed by atoms with Gasteiger partial charge in [-0.2, -0.15) is 0 Å². The average molecular weight is 254 g/mol. The Morgan fingerprint density at radius 1 is 1.29 bits per heavy atom. The highest BCUT2D eigenvalue weighted by atomic mass is 32.2. The van der Waals surface area contributed by atoms with E-state index in [1.165, 1.54) is 55.9 Å². The lowest BCUT2D eigenvalue weighted by Gasteiger charge is -2.32. The van der Waals surface area contributed by atoms with Crippen molar-refractivity contribution in [2.24, 2.45) is 10.9 Å². The molecule has 0 aromatic heterocycles. The van der Waals surface area contributed by atoms with Crippen molar-refractivity contribution in [3.05, 3.63) is 0 Å². The molecular formula is C14H26N2S. The molecule has 1 saturated carbocycles. The van der Waals surface area contributed by atoms with Crippen LogP contribution in [0.5, 0.6) is 0 Å². The van der Waals surface area contributed by atoms with Crippen LogP contribution in [0.15, 0.2) is 4.99 Å². The van der Waals surface area contributed by atoms with Crippen molar-refractivity contribution in [2.45, 2.75) is 64.3 Å². The Bertz CT molecular complexity index is 267. The van der Waals surface area contributed by atoms with Gasteiger partial charge in [-0.15, -0.1) is 0 Å². The van der Waals surface area contributed by atoms with E-state index in [0.29, 0.717) is 5.54 Å². The maximum absolute atomic E-state index is 4.71. The molecule has 17 heavy (non-hydrogen) atoms. The van der Waals surface area contributed by atoms with Gasteiger partial charge in [0.2, 0.25) is 0 Å². The van der Waals surface area contributed by atoms with Crippen LogP contribution < -0.4 is 5.32 Å². The SMILES string of the molecule is CC(C)CCCN=C1NC2(CCCCC2)CS1. The van der Waals surface area contributed by atoms with E-state index in [2.05, 4.69) is 19.2 Å². The Labute approximate surface area is 110 Å². The summed E-state index contributed by atoms with van der Waals surface area (Å²) in [5, 5.41) is 4.93. The minimum atomic E-state index is 0.416. The zero-order chi connectivity index (χ0) is 12.1. The van der Waals surface area contributed by atoms with E-state index in [0.717, 1.165) is 12.5 Å².